The van der Waals surface area contributed by atoms with Gasteiger partial charge >= 0.3 is 6.18 Å². The van der Waals surface area contributed by atoms with Crippen molar-refractivity contribution in [1.82, 2.24) is 15.2 Å². The molecule has 2 aliphatic heterocycles. The number of nitrogens with zero attached hydrogens (tertiary/aromatic N) is 3. The highest BCUT2D eigenvalue weighted by molar-refractivity contribution is 7.92. The molecule has 0 aliphatic carbocycles. The van der Waals surface area contributed by atoms with Gasteiger partial charge in [0.15, 0.2) is 5.15 Å². The van der Waals surface area contributed by atoms with Gasteiger partial charge in [-0.1, -0.05) is 11.6 Å². The monoisotopic (exact) mass is 530 g/mol. The summed E-state index contributed by atoms with van der Waals surface area (Å²) in [5, 5.41) is 2.55. The zero-order valence-corrected chi connectivity index (χ0v) is 20.2. The summed E-state index contributed by atoms with van der Waals surface area (Å²) in [5.41, 5.74) is 8.33. The van der Waals surface area contributed by atoms with Crippen LogP contribution in [0, 0.1) is 6.92 Å². The maximum absolute atomic E-state index is 13.0. The van der Waals surface area contributed by atoms with E-state index < -0.39 is 27.7 Å². The molecule has 1 aromatic carbocycles. The number of halogens is 4. The highest BCUT2D eigenvalue weighted by Crippen LogP contribution is 2.36. The second-order valence-electron chi connectivity index (χ2n) is 8.21. The van der Waals surface area contributed by atoms with E-state index in [2.05, 4.69) is 20.0 Å². The number of aliphatic imine (C=N–C) groups is 1. The maximum atomic E-state index is 13.0. The molecule has 0 saturated carbocycles. The molecule has 2 aliphatic rings. The lowest BCUT2D eigenvalue weighted by molar-refractivity contribution is -0.0870. The number of aryl methyl sites for hydroxylation is 1. The predicted octanol–water partition coefficient (Wildman–Crippen LogP) is 2.97. The number of ether oxygens (including phenoxy) is 1. The molecule has 4 N–H and O–H groups in total. The van der Waals surface area contributed by atoms with Crippen LogP contribution in [0.2, 0.25) is 5.15 Å². The van der Waals surface area contributed by atoms with Gasteiger partial charge in [-0.15, -0.1) is 0 Å². The van der Waals surface area contributed by atoms with Gasteiger partial charge in [-0.25, -0.2) is 23.3 Å². The van der Waals surface area contributed by atoms with Gasteiger partial charge in [-0.3, -0.25) is 10.5 Å². The lowest BCUT2D eigenvalue weighted by atomic mass is 9.99. The first-order valence-corrected chi connectivity index (χ1v) is 12.6. The fourth-order valence-corrected chi connectivity index (χ4v) is 4.56. The van der Waals surface area contributed by atoms with Crippen molar-refractivity contribution < 1.29 is 26.3 Å². The zero-order valence-electron chi connectivity index (χ0n) is 18.6. The molecule has 3 heterocycles. The minimum Gasteiger partial charge on any atom is -0.492 e. The van der Waals surface area contributed by atoms with Crippen molar-refractivity contribution in [3.63, 3.8) is 0 Å². The highest BCUT2D eigenvalue weighted by Gasteiger charge is 2.40. The Balaban J connectivity index is 1.66. The molecule has 1 unspecified atom stereocenters. The third-order valence-electron chi connectivity index (χ3n) is 5.44. The number of rotatable bonds is 4. The van der Waals surface area contributed by atoms with Crippen molar-refractivity contribution in [2.24, 2.45) is 10.7 Å². The summed E-state index contributed by atoms with van der Waals surface area (Å²) in [6.07, 6.45) is -0.522. The summed E-state index contributed by atoms with van der Waals surface area (Å²) in [7, 11) is -3.58. The first-order chi connectivity index (χ1) is 16.2. The average molecular weight is 531 g/mol. The van der Waals surface area contributed by atoms with Gasteiger partial charge in [0.1, 0.15) is 12.4 Å². The van der Waals surface area contributed by atoms with E-state index in [1.165, 1.54) is 6.20 Å². The van der Waals surface area contributed by atoms with Crippen LogP contribution in [-0.2, 0) is 16.6 Å². The third kappa shape index (κ3) is 5.53. The second kappa shape index (κ2) is 8.97. The Kier molecular flexibility index (Phi) is 6.47. The number of nitrogens with two attached hydrogens (primary N) is 1. The minimum absolute atomic E-state index is 0.00208. The zero-order chi connectivity index (χ0) is 25.6. The Morgan fingerprint density at radius 2 is 2.03 bits per heavy atom. The van der Waals surface area contributed by atoms with E-state index in [-0.39, 0.29) is 24.0 Å². The number of hydrogen-bond acceptors (Lipinski definition) is 8. The summed E-state index contributed by atoms with van der Waals surface area (Å²) in [4.78, 5) is 9.68. The molecule has 0 fully saturated rings. The molecule has 0 amide bonds. The standard InChI is InChI=1S/C21H22ClF3N6O3S/c1-12-5-13(14-7-17(19(22)27-8-14)30-35(2,32)33)6-15-11-31(3-4-34-18(12)15)21(26)28-9-16(10-29-21)20(23,24)25/h5-10,28,30H,3-4,11,26H2,1-2H3. The molecule has 0 radical (unpaired) electrons. The molecule has 4 rings (SSSR count). The van der Waals surface area contributed by atoms with Crippen LogP contribution in [0.3, 0.4) is 0 Å². The molecule has 0 spiro atoms. The van der Waals surface area contributed by atoms with Crippen molar-refractivity contribution in [2.45, 2.75) is 25.6 Å². The third-order valence-corrected chi connectivity index (χ3v) is 6.33. The van der Waals surface area contributed by atoms with E-state index in [9.17, 15) is 21.6 Å². The molecule has 14 heteroatoms. The predicted molar refractivity (Wildman–Crippen MR) is 126 cm³/mol. The second-order valence-corrected chi connectivity index (χ2v) is 10.3. The van der Waals surface area contributed by atoms with E-state index >= 15 is 0 Å². The molecule has 1 aromatic heterocycles. The summed E-state index contributed by atoms with van der Waals surface area (Å²) >= 11 is 6.04. The van der Waals surface area contributed by atoms with Crippen LogP contribution in [-0.4, -0.2) is 56.0 Å². The Labute approximate surface area is 204 Å². The Morgan fingerprint density at radius 3 is 2.66 bits per heavy atom. The van der Waals surface area contributed by atoms with Crippen LogP contribution in [0.1, 0.15) is 11.1 Å². The lowest BCUT2D eigenvalue weighted by Crippen LogP contribution is -2.64. The minimum atomic E-state index is -4.55. The van der Waals surface area contributed by atoms with Gasteiger partial charge in [-0.2, -0.15) is 13.2 Å². The number of aromatic nitrogens is 1. The number of benzene rings is 1. The van der Waals surface area contributed by atoms with E-state index in [0.717, 1.165) is 23.6 Å². The topological polar surface area (TPSA) is 122 Å². The van der Waals surface area contributed by atoms with Gasteiger partial charge in [0.05, 0.1) is 17.5 Å². The molecule has 2 aromatic rings. The molecule has 0 bridgehead atoms. The van der Waals surface area contributed by atoms with Crippen LogP contribution < -0.4 is 20.5 Å². The van der Waals surface area contributed by atoms with Crippen molar-refractivity contribution in [2.75, 3.05) is 24.1 Å². The fraction of sp³-hybridized carbons (Fsp3) is 0.333. The molecule has 0 saturated heterocycles. The number of fused-ring (bicyclic) bond motifs is 1. The summed E-state index contributed by atoms with van der Waals surface area (Å²) in [6.45, 7) is 2.61. The summed E-state index contributed by atoms with van der Waals surface area (Å²) in [6, 6.07) is 5.24. The van der Waals surface area contributed by atoms with Gasteiger partial charge < -0.3 is 10.1 Å². The largest absolute Gasteiger partial charge is 0.492 e. The van der Waals surface area contributed by atoms with Crippen LogP contribution in [0.25, 0.3) is 11.1 Å². The molecule has 188 valence electrons. The molecular formula is C21H22ClF3N6O3S. The Bertz CT molecular complexity index is 1330. The number of nitrogens with one attached hydrogen (secondary N) is 2. The van der Waals surface area contributed by atoms with Gasteiger partial charge in [-0.05, 0) is 36.2 Å². The van der Waals surface area contributed by atoms with Crippen molar-refractivity contribution >= 4 is 33.5 Å². The van der Waals surface area contributed by atoms with Crippen molar-refractivity contribution in [3.8, 4) is 16.9 Å². The van der Waals surface area contributed by atoms with E-state index in [4.69, 9.17) is 22.1 Å². The Hall–Kier alpha value is -2.87. The van der Waals surface area contributed by atoms with Gasteiger partial charge in [0.25, 0.3) is 0 Å². The fourth-order valence-electron chi connectivity index (χ4n) is 3.80. The number of pyridine rings is 1. The number of hydrogen-bond donors (Lipinski definition) is 3. The van der Waals surface area contributed by atoms with Crippen molar-refractivity contribution in [1.29, 1.82) is 0 Å². The SMILES string of the molecule is Cc1cc(-c2cnc(Cl)c(NS(C)(=O)=O)c2)cc2c1OCCN(C1(N)N=CC(C(F)(F)F)=CN1)C2. The van der Waals surface area contributed by atoms with Crippen LogP contribution in [0.15, 0.2) is 41.2 Å². The number of sulfonamides is 1. The van der Waals surface area contributed by atoms with Crippen LogP contribution >= 0.6 is 11.6 Å². The first kappa shape index (κ1) is 25.2. The molecule has 35 heavy (non-hydrogen) atoms. The lowest BCUT2D eigenvalue weighted by Gasteiger charge is -2.38. The van der Waals surface area contributed by atoms with E-state index in [1.807, 2.05) is 19.1 Å². The quantitative estimate of drug-likeness (QED) is 0.519. The highest BCUT2D eigenvalue weighted by atomic mass is 35.5. The van der Waals surface area contributed by atoms with Gasteiger partial charge in [0, 0.05) is 42.8 Å². The van der Waals surface area contributed by atoms with E-state index in [0.29, 0.717) is 29.6 Å². The van der Waals surface area contributed by atoms with Crippen LogP contribution in [0.5, 0.6) is 5.75 Å². The van der Waals surface area contributed by atoms with E-state index in [1.54, 1.807) is 11.0 Å². The molecular weight excluding hydrogens is 509 g/mol. The normalized spacial score (nSPS) is 20.8. The molecule has 1 atom stereocenters. The van der Waals surface area contributed by atoms with Crippen LogP contribution in [0.4, 0.5) is 18.9 Å². The summed E-state index contributed by atoms with van der Waals surface area (Å²) < 4.78 is 70.5. The number of anilines is 1. The number of alkyl halides is 3. The first-order valence-electron chi connectivity index (χ1n) is 10.3. The Morgan fingerprint density at radius 1 is 1.29 bits per heavy atom. The maximum Gasteiger partial charge on any atom is 0.419 e. The number of allylic oxidation sites excluding steroid dienone is 1. The molecule has 9 nitrogen and oxygen atoms in total. The summed E-state index contributed by atoms with van der Waals surface area (Å²) in [5.74, 6) is -0.972. The van der Waals surface area contributed by atoms with Gasteiger partial charge in [0.2, 0.25) is 15.9 Å². The van der Waals surface area contributed by atoms with Crippen molar-refractivity contribution in [3.05, 3.63) is 52.4 Å². The smallest absolute Gasteiger partial charge is 0.419 e. The average Bonchev–Trinajstić information content (AvgIpc) is 2.97.